The first-order valence-electron chi connectivity index (χ1n) is 9.49. The van der Waals surface area contributed by atoms with Crippen LogP contribution in [0.4, 0.5) is 15.3 Å². The Balaban J connectivity index is 2.58. The topological polar surface area (TPSA) is 97.0 Å². The first-order valence-corrected chi connectivity index (χ1v) is 10.5. The van der Waals surface area contributed by atoms with Gasteiger partial charge in [0.1, 0.15) is 11.2 Å². The Morgan fingerprint density at radius 2 is 1.77 bits per heavy atom. The molecule has 1 aliphatic heterocycles. The van der Waals surface area contributed by atoms with Gasteiger partial charge in [-0.2, -0.15) is 5.01 Å². The minimum Gasteiger partial charge on any atom is -0.443 e. The first-order chi connectivity index (χ1) is 13.8. The van der Waals surface area contributed by atoms with Gasteiger partial charge in [0.25, 0.3) is 5.91 Å². The summed E-state index contributed by atoms with van der Waals surface area (Å²) in [5.41, 5.74) is 1.84. The number of rotatable bonds is 4. The quantitative estimate of drug-likeness (QED) is 0.414. The summed E-state index contributed by atoms with van der Waals surface area (Å²) in [6, 6.07) is 6.97. The number of benzene rings is 1. The van der Waals surface area contributed by atoms with Gasteiger partial charge in [0.05, 0.1) is 0 Å². The molecule has 0 aromatic heterocycles. The van der Waals surface area contributed by atoms with Crippen molar-refractivity contribution < 1.29 is 23.9 Å². The van der Waals surface area contributed by atoms with Crippen LogP contribution in [-0.2, 0) is 19.1 Å². The molecule has 8 nitrogen and oxygen atoms in total. The van der Waals surface area contributed by atoms with Gasteiger partial charge in [-0.15, -0.1) is 18.3 Å². The second-order valence-electron chi connectivity index (χ2n) is 8.67. The van der Waals surface area contributed by atoms with Crippen molar-refractivity contribution in [2.75, 3.05) is 11.1 Å². The third kappa shape index (κ3) is 5.27. The monoisotopic (exact) mass is 435 g/mol. The highest BCUT2D eigenvalue weighted by molar-refractivity contribution is 8.01. The van der Waals surface area contributed by atoms with Crippen LogP contribution in [0.2, 0.25) is 0 Å². The Morgan fingerprint density at radius 1 is 1.17 bits per heavy atom. The molecule has 1 heterocycles. The lowest BCUT2D eigenvalue weighted by Gasteiger charge is -2.39. The summed E-state index contributed by atoms with van der Waals surface area (Å²) in [6.07, 6.45) is -0.164. The molecular weight excluding hydrogens is 406 g/mol. The smallest absolute Gasteiger partial charge is 0.431 e. The normalized spacial score (nSPS) is 18.1. The second-order valence-corrected chi connectivity index (χ2v) is 9.89. The number of hydrazine groups is 1. The van der Waals surface area contributed by atoms with Crippen molar-refractivity contribution in [1.82, 2.24) is 10.4 Å². The van der Waals surface area contributed by atoms with Gasteiger partial charge in [0.2, 0.25) is 4.87 Å². The van der Waals surface area contributed by atoms with Crippen molar-refractivity contribution >= 4 is 35.5 Å². The summed E-state index contributed by atoms with van der Waals surface area (Å²) in [5.74, 6) is -0.158. The van der Waals surface area contributed by atoms with Crippen LogP contribution in [0.25, 0.3) is 0 Å². The van der Waals surface area contributed by atoms with Crippen LogP contribution in [0.15, 0.2) is 36.9 Å². The van der Waals surface area contributed by atoms with Crippen LogP contribution in [0.5, 0.6) is 0 Å². The maximum absolute atomic E-state index is 13.2. The summed E-state index contributed by atoms with van der Waals surface area (Å²) in [6.45, 7) is 13.9. The maximum atomic E-state index is 13.2. The number of carbonyl (C=O) groups is 3. The summed E-state index contributed by atoms with van der Waals surface area (Å²) >= 11 is 1.13. The van der Waals surface area contributed by atoms with Crippen molar-refractivity contribution in [3.05, 3.63) is 42.5 Å². The van der Waals surface area contributed by atoms with Gasteiger partial charge in [0, 0.05) is 17.0 Å². The number of fused-ring (bicyclic) bond motifs is 1. The molecule has 2 N–H and O–H groups in total. The van der Waals surface area contributed by atoms with Gasteiger partial charge < -0.3 is 14.8 Å². The number of para-hydroxylation sites is 1. The highest BCUT2D eigenvalue weighted by Gasteiger charge is 2.56. The van der Waals surface area contributed by atoms with E-state index in [1.54, 1.807) is 71.9 Å². The number of anilines is 1. The number of thioether (sulfide) groups is 1. The van der Waals surface area contributed by atoms with Crippen molar-refractivity contribution in [3.63, 3.8) is 0 Å². The van der Waals surface area contributed by atoms with Crippen LogP contribution in [0.3, 0.4) is 0 Å². The third-order valence-electron chi connectivity index (χ3n) is 3.75. The van der Waals surface area contributed by atoms with Gasteiger partial charge in [-0.05, 0) is 47.6 Å². The van der Waals surface area contributed by atoms with Crippen LogP contribution in [0, 0.1) is 0 Å². The van der Waals surface area contributed by atoms with E-state index in [-0.39, 0.29) is 0 Å². The molecule has 3 amide bonds. The molecule has 30 heavy (non-hydrogen) atoms. The lowest BCUT2D eigenvalue weighted by Crippen LogP contribution is -2.61. The summed E-state index contributed by atoms with van der Waals surface area (Å²) < 4.78 is 10.8. The van der Waals surface area contributed by atoms with Gasteiger partial charge >= 0.3 is 12.2 Å². The lowest BCUT2D eigenvalue weighted by molar-refractivity contribution is -0.123. The van der Waals surface area contributed by atoms with E-state index >= 15 is 0 Å². The Hall–Kier alpha value is -2.68. The fraction of sp³-hybridized carbons (Fsp3) is 0.476. The fourth-order valence-corrected chi connectivity index (χ4v) is 3.90. The molecule has 1 atom stereocenters. The molecule has 1 aliphatic rings. The minimum absolute atomic E-state index is 0.330. The standard InChI is InChI=1S/C21H29N3O5S/c1-8-13-30-21(14-11-9-10-12-15(14)22-16(21)25)24(18(27)29-20(5,6)7)23-17(26)28-19(2,3)4/h8-12H,1,13H2,2-7H3,(H,22,25)(H,23,26)/t21-/m1/s1. The van der Waals surface area contributed by atoms with Crippen LogP contribution >= 0.6 is 11.8 Å². The van der Waals surface area contributed by atoms with Crippen LogP contribution in [-0.4, -0.2) is 40.1 Å². The number of nitrogens with one attached hydrogen (secondary N) is 2. The van der Waals surface area contributed by atoms with E-state index in [0.29, 0.717) is 17.0 Å². The number of carbonyl (C=O) groups excluding carboxylic acids is 3. The number of amides is 3. The SMILES string of the molecule is C=CCS[C@@]1(N(NC(=O)OC(C)(C)C)C(=O)OC(C)(C)C)C(=O)Nc2ccccc21. The maximum Gasteiger partial charge on any atom is 0.431 e. The van der Waals surface area contributed by atoms with Crippen molar-refractivity contribution in [2.45, 2.75) is 57.6 Å². The van der Waals surface area contributed by atoms with Crippen LogP contribution < -0.4 is 10.7 Å². The first kappa shape index (κ1) is 23.6. The van der Waals surface area contributed by atoms with E-state index in [0.717, 1.165) is 16.8 Å². The molecule has 1 aromatic rings. The van der Waals surface area contributed by atoms with E-state index < -0.39 is 34.2 Å². The Kier molecular flexibility index (Phi) is 6.76. The average molecular weight is 436 g/mol. The largest absolute Gasteiger partial charge is 0.443 e. The summed E-state index contributed by atoms with van der Waals surface area (Å²) in [4.78, 5) is 37.4. The van der Waals surface area contributed by atoms with Crippen molar-refractivity contribution in [1.29, 1.82) is 0 Å². The zero-order valence-corrected chi connectivity index (χ0v) is 19.0. The number of hydrogen-bond acceptors (Lipinski definition) is 6. The molecule has 0 unspecified atom stereocenters. The predicted octanol–water partition coefficient (Wildman–Crippen LogP) is 4.39. The molecule has 0 bridgehead atoms. The Labute approximate surface area is 181 Å². The number of hydrogen-bond donors (Lipinski definition) is 2. The van der Waals surface area contributed by atoms with Gasteiger partial charge in [-0.1, -0.05) is 24.3 Å². The van der Waals surface area contributed by atoms with Gasteiger partial charge in [0.15, 0.2) is 0 Å². The summed E-state index contributed by atoms with van der Waals surface area (Å²) in [7, 11) is 0. The molecular formula is C21H29N3O5S. The molecule has 0 saturated heterocycles. The Bertz CT molecular complexity index is 844. The molecule has 0 spiro atoms. The van der Waals surface area contributed by atoms with E-state index in [1.165, 1.54) is 0 Å². The number of ether oxygens (including phenoxy) is 2. The number of nitrogens with zero attached hydrogens (tertiary/aromatic N) is 1. The molecule has 9 heteroatoms. The van der Waals surface area contributed by atoms with E-state index in [4.69, 9.17) is 9.47 Å². The predicted molar refractivity (Wildman–Crippen MR) is 117 cm³/mol. The van der Waals surface area contributed by atoms with Crippen molar-refractivity contribution in [2.24, 2.45) is 0 Å². The van der Waals surface area contributed by atoms with E-state index in [9.17, 15) is 14.4 Å². The highest BCUT2D eigenvalue weighted by atomic mass is 32.2. The summed E-state index contributed by atoms with van der Waals surface area (Å²) in [5, 5.41) is 3.69. The van der Waals surface area contributed by atoms with E-state index in [2.05, 4.69) is 17.3 Å². The lowest BCUT2D eigenvalue weighted by atomic mass is 10.1. The molecule has 0 radical (unpaired) electrons. The minimum atomic E-state index is -1.61. The molecule has 0 saturated carbocycles. The highest BCUT2D eigenvalue weighted by Crippen LogP contribution is 2.48. The average Bonchev–Trinajstić information content (AvgIpc) is 2.87. The molecule has 1 aromatic carbocycles. The molecule has 0 aliphatic carbocycles. The molecule has 164 valence electrons. The van der Waals surface area contributed by atoms with Gasteiger partial charge in [-0.25, -0.2) is 15.0 Å². The second kappa shape index (κ2) is 8.59. The Morgan fingerprint density at radius 3 is 2.33 bits per heavy atom. The van der Waals surface area contributed by atoms with E-state index in [1.807, 2.05) is 0 Å². The van der Waals surface area contributed by atoms with Gasteiger partial charge in [-0.3, -0.25) is 4.79 Å². The zero-order chi connectivity index (χ0) is 22.7. The fourth-order valence-electron chi connectivity index (χ4n) is 2.78. The van der Waals surface area contributed by atoms with Crippen molar-refractivity contribution in [3.8, 4) is 0 Å². The van der Waals surface area contributed by atoms with Crippen LogP contribution in [0.1, 0.15) is 47.1 Å². The third-order valence-corrected chi connectivity index (χ3v) is 5.16. The molecule has 2 rings (SSSR count). The zero-order valence-electron chi connectivity index (χ0n) is 18.2. The molecule has 0 fully saturated rings.